The van der Waals surface area contributed by atoms with Crippen molar-refractivity contribution in [2.75, 3.05) is 23.7 Å². The van der Waals surface area contributed by atoms with E-state index in [0.717, 1.165) is 11.3 Å². The van der Waals surface area contributed by atoms with Gasteiger partial charge in [-0.2, -0.15) is 0 Å². The second-order valence-electron chi connectivity index (χ2n) is 8.75. The zero-order valence-corrected chi connectivity index (χ0v) is 18.8. The van der Waals surface area contributed by atoms with E-state index in [1.807, 2.05) is 64.1 Å². The Morgan fingerprint density at radius 1 is 1.03 bits per heavy atom. The first-order chi connectivity index (χ1) is 14.1. The third kappa shape index (κ3) is 5.27. The van der Waals surface area contributed by atoms with Gasteiger partial charge in [-0.3, -0.25) is 14.4 Å². The highest BCUT2D eigenvalue weighted by molar-refractivity contribution is 7.18. The van der Waals surface area contributed by atoms with E-state index >= 15 is 0 Å². The van der Waals surface area contributed by atoms with E-state index in [-0.39, 0.29) is 23.6 Å². The maximum atomic E-state index is 13.0. The van der Waals surface area contributed by atoms with Gasteiger partial charge in [0.2, 0.25) is 11.8 Å². The van der Waals surface area contributed by atoms with Crippen molar-refractivity contribution in [2.45, 2.75) is 40.5 Å². The predicted octanol–water partition coefficient (Wildman–Crippen LogP) is 4.53. The summed E-state index contributed by atoms with van der Waals surface area (Å²) in [5.74, 6) is -0.197. The summed E-state index contributed by atoms with van der Waals surface area (Å²) >= 11 is 1.31. The van der Waals surface area contributed by atoms with Gasteiger partial charge in [-0.25, -0.2) is 0 Å². The number of nitrogens with zero attached hydrogens (tertiary/aromatic N) is 1. The van der Waals surface area contributed by atoms with Crippen molar-refractivity contribution >= 4 is 39.7 Å². The molecule has 1 aromatic heterocycles. The number of piperidine rings is 1. The molecule has 1 saturated heterocycles. The summed E-state index contributed by atoms with van der Waals surface area (Å²) in [6, 6.07) is 11.3. The molecule has 0 aliphatic carbocycles. The summed E-state index contributed by atoms with van der Waals surface area (Å²) < 4.78 is 0. The zero-order chi connectivity index (χ0) is 21.9. The fraction of sp³-hybridized carbons (Fsp3) is 0.435. The molecule has 0 unspecified atom stereocenters. The highest BCUT2D eigenvalue weighted by atomic mass is 32.1. The Kier molecular flexibility index (Phi) is 6.61. The normalized spacial score (nSPS) is 15.0. The van der Waals surface area contributed by atoms with Gasteiger partial charge < -0.3 is 15.5 Å². The second-order valence-corrected chi connectivity index (χ2v) is 9.80. The molecule has 0 bridgehead atoms. The minimum Gasteiger partial charge on any atom is -0.338 e. The monoisotopic (exact) mass is 427 g/mol. The maximum absolute atomic E-state index is 13.0. The summed E-state index contributed by atoms with van der Waals surface area (Å²) in [6.45, 7) is 8.54. The van der Waals surface area contributed by atoms with E-state index < -0.39 is 5.41 Å². The molecule has 0 saturated carbocycles. The van der Waals surface area contributed by atoms with Crippen LogP contribution < -0.4 is 10.6 Å². The molecule has 2 N–H and O–H groups in total. The van der Waals surface area contributed by atoms with Crippen molar-refractivity contribution in [1.82, 2.24) is 4.90 Å². The van der Waals surface area contributed by atoms with E-state index in [0.29, 0.717) is 35.8 Å². The molecule has 160 valence electrons. The van der Waals surface area contributed by atoms with Gasteiger partial charge in [-0.05, 0) is 43.5 Å². The van der Waals surface area contributed by atoms with Crippen LogP contribution in [0.4, 0.5) is 10.7 Å². The van der Waals surface area contributed by atoms with E-state index in [2.05, 4.69) is 10.6 Å². The lowest BCUT2D eigenvalue weighted by molar-refractivity contribution is -0.123. The van der Waals surface area contributed by atoms with Gasteiger partial charge in [0.25, 0.3) is 5.91 Å². The number of amides is 3. The Labute approximate surface area is 181 Å². The fourth-order valence-corrected chi connectivity index (χ4v) is 4.35. The molecule has 1 aliphatic heterocycles. The van der Waals surface area contributed by atoms with Crippen LogP contribution in [0.1, 0.15) is 48.8 Å². The summed E-state index contributed by atoms with van der Waals surface area (Å²) in [7, 11) is 0. The van der Waals surface area contributed by atoms with Crippen LogP contribution in [0.2, 0.25) is 0 Å². The van der Waals surface area contributed by atoms with Gasteiger partial charge in [0, 0.05) is 30.1 Å². The number of hydrogen-bond acceptors (Lipinski definition) is 4. The molecule has 6 nitrogen and oxygen atoms in total. The summed E-state index contributed by atoms with van der Waals surface area (Å²) in [6.07, 6.45) is 1.28. The lowest BCUT2D eigenvalue weighted by Gasteiger charge is -2.31. The van der Waals surface area contributed by atoms with Crippen molar-refractivity contribution in [3.05, 3.63) is 46.8 Å². The average molecular weight is 428 g/mol. The predicted molar refractivity (Wildman–Crippen MR) is 121 cm³/mol. The number of anilines is 2. The number of carbonyl (C=O) groups is 3. The van der Waals surface area contributed by atoms with Crippen LogP contribution in [-0.4, -0.2) is 35.7 Å². The highest BCUT2D eigenvalue weighted by Gasteiger charge is 2.30. The van der Waals surface area contributed by atoms with Gasteiger partial charge >= 0.3 is 0 Å². The number of benzene rings is 1. The summed E-state index contributed by atoms with van der Waals surface area (Å²) in [5.41, 5.74) is 1.16. The second kappa shape index (κ2) is 9.00. The van der Waals surface area contributed by atoms with Crippen molar-refractivity contribution in [2.24, 2.45) is 11.3 Å². The van der Waals surface area contributed by atoms with E-state index in [1.165, 1.54) is 11.3 Å². The van der Waals surface area contributed by atoms with Crippen LogP contribution in [0.5, 0.6) is 0 Å². The quantitative estimate of drug-likeness (QED) is 0.752. The molecule has 30 heavy (non-hydrogen) atoms. The molecule has 1 aromatic carbocycles. The topological polar surface area (TPSA) is 78.5 Å². The number of carbonyl (C=O) groups excluding carboxylic acids is 3. The number of thiophene rings is 1. The standard InChI is InChI=1S/C23H29N3O3S/c1-15-14-18(25-22(29)23(2,3)4)30-19(15)21(28)26-12-10-16(11-13-26)20(27)24-17-8-6-5-7-9-17/h5-9,14,16H,10-13H2,1-4H3,(H,24,27)(H,25,29). The van der Waals surface area contributed by atoms with Crippen molar-refractivity contribution in [1.29, 1.82) is 0 Å². The first-order valence-electron chi connectivity index (χ1n) is 10.2. The average Bonchev–Trinajstić information content (AvgIpc) is 3.07. The van der Waals surface area contributed by atoms with Crippen LogP contribution in [0, 0.1) is 18.3 Å². The molecule has 2 heterocycles. The minimum absolute atomic E-state index is 0.00721. The highest BCUT2D eigenvalue weighted by Crippen LogP contribution is 2.30. The number of aryl methyl sites for hydroxylation is 1. The number of rotatable bonds is 4. The van der Waals surface area contributed by atoms with Gasteiger partial charge in [0.1, 0.15) is 0 Å². The lowest BCUT2D eigenvalue weighted by Crippen LogP contribution is -2.41. The smallest absolute Gasteiger partial charge is 0.264 e. The molecule has 1 fully saturated rings. The van der Waals surface area contributed by atoms with Gasteiger partial charge in [-0.15, -0.1) is 11.3 Å². The van der Waals surface area contributed by atoms with E-state index in [9.17, 15) is 14.4 Å². The maximum Gasteiger partial charge on any atom is 0.264 e. The Hall–Kier alpha value is -2.67. The molecule has 2 aromatic rings. The zero-order valence-electron chi connectivity index (χ0n) is 18.0. The van der Waals surface area contributed by atoms with Gasteiger partial charge in [0.15, 0.2) is 0 Å². The molecule has 3 rings (SSSR count). The van der Waals surface area contributed by atoms with Crippen LogP contribution in [-0.2, 0) is 9.59 Å². The molecule has 0 radical (unpaired) electrons. The van der Waals surface area contributed by atoms with Crippen molar-refractivity contribution in [3.63, 3.8) is 0 Å². The molecule has 0 spiro atoms. The third-order valence-corrected chi connectivity index (χ3v) is 6.36. The third-order valence-electron chi connectivity index (χ3n) is 5.22. The van der Waals surface area contributed by atoms with Gasteiger partial charge in [0.05, 0.1) is 9.88 Å². The Morgan fingerprint density at radius 3 is 2.27 bits per heavy atom. The minimum atomic E-state index is -0.496. The Morgan fingerprint density at radius 2 is 1.67 bits per heavy atom. The lowest BCUT2D eigenvalue weighted by atomic mass is 9.95. The van der Waals surface area contributed by atoms with Crippen molar-refractivity contribution < 1.29 is 14.4 Å². The van der Waals surface area contributed by atoms with E-state index in [4.69, 9.17) is 0 Å². The van der Waals surface area contributed by atoms with Crippen molar-refractivity contribution in [3.8, 4) is 0 Å². The fourth-order valence-electron chi connectivity index (χ4n) is 3.31. The molecule has 0 atom stereocenters. The van der Waals surface area contributed by atoms with Gasteiger partial charge in [-0.1, -0.05) is 39.0 Å². The number of para-hydroxylation sites is 1. The van der Waals surface area contributed by atoms with Crippen LogP contribution in [0.3, 0.4) is 0 Å². The summed E-state index contributed by atoms with van der Waals surface area (Å²) in [5, 5.41) is 6.54. The number of hydrogen-bond donors (Lipinski definition) is 2. The Bertz CT molecular complexity index is 923. The molecule has 7 heteroatoms. The molecular formula is C23H29N3O3S. The number of likely N-dealkylation sites (tertiary alicyclic amines) is 1. The van der Waals surface area contributed by atoms with Crippen LogP contribution in [0.15, 0.2) is 36.4 Å². The largest absolute Gasteiger partial charge is 0.338 e. The first kappa shape index (κ1) is 22.0. The van der Waals surface area contributed by atoms with Crippen LogP contribution in [0.25, 0.3) is 0 Å². The van der Waals surface area contributed by atoms with E-state index in [1.54, 1.807) is 4.90 Å². The molecule has 3 amide bonds. The first-order valence-corrected chi connectivity index (χ1v) is 11.0. The SMILES string of the molecule is Cc1cc(NC(=O)C(C)(C)C)sc1C(=O)N1CCC(C(=O)Nc2ccccc2)CC1. The molecule has 1 aliphatic rings. The summed E-state index contributed by atoms with van der Waals surface area (Å²) in [4.78, 5) is 40.2. The number of nitrogens with one attached hydrogen (secondary N) is 2. The molecular weight excluding hydrogens is 398 g/mol. The Balaban J connectivity index is 1.57. The van der Waals surface area contributed by atoms with Crippen LogP contribution >= 0.6 is 11.3 Å².